The fraction of sp³-hybridized carbons (Fsp3) is 0.600. The fourth-order valence-corrected chi connectivity index (χ4v) is 2.44. The number of para-hydroxylation sites is 1. The molecule has 0 bridgehead atoms. The molecule has 0 amide bonds. The third kappa shape index (κ3) is 2.55. The molecule has 1 atom stereocenters. The quantitative estimate of drug-likeness (QED) is 0.835. The molecule has 1 aromatic carbocycles. The molecule has 2 N–H and O–H groups in total. The van der Waals surface area contributed by atoms with E-state index in [4.69, 9.17) is 10.5 Å². The summed E-state index contributed by atoms with van der Waals surface area (Å²) in [5.74, 6) is 2.05. The first kappa shape index (κ1) is 13.1. The van der Waals surface area contributed by atoms with Crippen molar-refractivity contribution in [2.45, 2.75) is 33.8 Å². The monoisotopic (exact) mass is 248 g/mol. The van der Waals surface area contributed by atoms with Crippen molar-refractivity contribution in [2.75, 3.05) is 23.7 Å². The second-order valence-electron chi connectivity index (χ2n) is 5.89. The van der Waals surface area contributed by atoms with Crippen LogP contribution in [0.2, 0.25) is 0 Å². The number of nitrogen functional groups attached to an aromatic ring is 1. The normalized spacial score (nSPS) is 19.0. The largest absolute Gasteiger partial charge is 0.486 e. The van der Waals surface area contributed by atoms with Gasteiger partial charge in [0.1, 0.15) is 17.5 Å². The molecule has 2 rings (SSSR count). The number of fused-ring (bicyclic) bond motifs is 1. The zero-order valence-electron chi connectivity index (χ0n) is 11.8. The van der Waals surface area contributed by atoms with Gasteiger partial charge >= 0.3 is 0 Å². The third-order valence-electron chi connectivity index (χ3n) is 3.35. The molecule has 1 unspecified atom stereocenters. The molecule has 0 aliphatic carbocycles. The van der Waals surface area contributed by atoms with E-state index >= 15 is 0 Å². The molecule has 0 aromatic heterocycles. The van der Waals surface area contributed by atoms with Gasteiger partial charge in [0.15, 0.2) is 0 Å². The van der Waals surface area contributed by atoms with Gasteiger partial charge in [-0.25, -0.2) is 0 Å². The van der Waals surface area contributed by atoms with Crippen LogP contribution in [0.4, 0.5) is 11.4 Å². The van der Waals surface area contributed by atoms with Crippen LogP contribution in [0.25, 0.3) is 0 Å². The molecule has 1 heterocycles. The first-order valence-electron chi connectivity index (χ1n) is 6.79. The Morgan fingerprint density at radius 3 is 2.67 bits per heavy atom. The Kier molecular flexibility index (Phi) is 3.69. The molecule has 0 saturated heterocycles. The Labute approximate surface area is 110 Å². The second-order valence-corrected chi connectivity index (χ2v) is 5.89. The number of anilines is 2. The summed E-state index contributed by atoms with van der Waals surface area (Å²) in [6, 6.07) is 5.93. The Bertz CT molecular complexity index is 415. The van der Waals surface area contributed by atoms with Gasteiger partial charge < -0.3 is 15.4 Å². The summed E-state index contributed by atoms with van der Waals surface area (Å²) in [7, 11) is 0. The number of nitrogens with zero attached hydrogens (tertiary/aromatic N) is 1. The predicted molar refractivity (Wildman–Crippen MR) is 77.2 cm³/mol. The molecular formula is C15H24N2O. The molecule has 0 radical (unpaired) electrons. The van der Waals surface area contributed by atoms with Crippen molar-refractivity contribution < 1.29 is 4.74 Å². The lowest BCUT2D eigenvalue weighted by Gasteiger charge is -2.39. The molecule has 3 nitrogen and oxygen atoms in total. The van der Waals surface area contributed by atoms with E-state index in [1.807, 2.05) is 18.2 Å². The maximum absolute atomic E-state index is 6.11. The van der Waals surface area contributed by atoms with E-state index < -0.39 is 0 Å². The SMILES string of the molecule is CC(C)CN1CC(C(C)C)Oc2cccc(N)c21. The van der Waals surface area contributed by atoms with Crippen molar-refractivity contribution in [3.63, 3.8) is 0 Å². The molecule has 1 aliphatic rings. The summed E-state index contributed by atoms with van der Waals surface area (Å²) < 4.78 is 6.06. The number of rotatable bonds is 3. The third-order valence-corrected chi connectivity index (χ3v) is 3.35. The number of hydrogen-bond donors (Lipinski definition) is 1. The molecule has 1 aliphatic heterocycles. The van der Waals surface area contributed by atoms with Gasteiger partial charge in [-0.3, -0.25) is 0 Å². The zero-order valence-corrected chi connectivity index (χ0v) is 11.8. The molecule has 0 spiro atoms. The Morgan fingerprint density at radius 2 is 2.06 bits per heavy atom. The van der Waals surface area contributed by atoms with Crippen molar-refractivity contribution in [1.29, 1.82) is 0 Å². The van der Waals surface area contributed by atoms with E-state index in [0.29, 0.717) is 11.8 Å². The molecule has 18 heavy (non-hydrogen) atoms. The Balaban J connectivity index is 2.35. The minimum absolute atomic E-state index is 0.248. The average molecular weight is 248 g/mol. The van der Waals surface area contributed by atoms with Crippen LogP contribution in [0.3, 0.4) is 0 Å². The maximum Gasteiger partial charge on any atom is 0.145 e. The summed E-state index contributed by atoms with van der Waals surface area (Å²) in [5, 5.41) is 0. The summed E-state index contributed by atoms with van der Waals surface area (Å²) >= 11 is 0. The lowest BCUT2D eigenvalue weighted by molar-refractivity contribution is 0.145. The van der Waals surface area contributed by atoms with Gasteiger partial charge in [0.05, 0.1) is 12.2 Å². The van der Waals surface area contributed by atoms with Crippen LogP contribution in [0, 0.1) is 11.8 Å². The summed E-state index contributed by atoms with van der Waals surface area (Å²) in [5.41, 5.74) is 7.99. The summed E-state index contributed by atoms with van der Waals surface area (Å²) in [4.78, 5) is 2.38. The Hall–Kier alpha value is -1.38. The minimum atomic E-state index is 0.248. The average Bonchev–Trinajstić information content (AvgIpc) is 2.27. The van der Waals surface area contributed by atoms with Crippen LogP contribution in [0.15, 0.2) is 18.2 Å². The van der Waals surface area contributed by atoms with Crippen molar-refractivity contribution in [2.24, 2.45) is 11.8 Å². The van der Waals surface area contributed by atoms with Crippen LogP contribution >= 0.6 is 0 Å². The van der Waals surface area contributed by atoms with Gasteiger partial charge in [0.2, 0.25) is 0 Å². The number of hydrogen-bond acceptors (Lipinski definition) is 3. The van der Waals surface area contributed by atoms with Gasteiger partial charge in [-0.1, -0.05) is 33.8 Å². The predicted octanol–water partition coefficient (Wildman–Crippen LogP) is 3.15. The van der Waals surface area contributed by atoms with Crippen LogP contribution in [0.1, 0.15) is 27.7 Å². The van der Waals surface area contributed by atoms with Gasteiger partial charge in [-0.2, -0.15) is 0 Å². The van der Waals surface area contributed by atoms with E-state index in [1.165, 1.54) is 0 Å². The number of ether oxygens (including phenoxy) is 1. The summed E-state index contributed by atoms with van der Waals surface area (Å²) in [6.07, 6.45) is 0.248. The molecule has 100 valence electrons. The van der Waals surface area contributed by atoms with Crippen LogP contribution in [-0.4, -0.2) is 19.2 Å². The first-order chi connectivity index (χ1) is 8.49. The highest BCUT2D eigenvalue weighted by molar-refractivity contribution is 5.75. The van der Waals surface area contributed by atoms with Gasteiger partial charge in [0, 0.05) is 6.54 Å². The minimum Gasteiger partial charge on any atom is -0.486 e. The fourth-order valence-electron chi connectivity index (χ4n) is 2.44. The van der Waals surface area contributed by atoms with E-state index in [1.54, 1.807) is 0 Å². The number of nitrogens with two attached hydrogens (primary N) is 1. The van der Waals surface area contributed by atoms with Crippen LogP contribution in [-0.2, 0) is 0 Å². The van der Waals surface area contributed by atoms with E-state index in [2.05, 4.69) is 32.6 Å². The highest BCUT2D eigenvalue weighted by Gasteiger charge is 2.29. The van der Waals surface area contributed by atoms with Crippen LogP contribution in [0.5, 0.6) is 5.75 Å². The van der Waals surface area contributed by atoms with E-state index in [0.717, 1.165) is 30.2 Å². The van der Waals surface area contributed by atoms with Crippen LogP contribution < -0.4 is 15.4 Å². The second kappa shape index (κ2) is 5.09. The Morgan fingerprint density at radius 1 is 1.33 bits per heavy atom. The molecular weight excluding hydrogens is 224 g/mol. The maximum atomic E-state index is 6.11. The molecule has 0 saturated carbocycles. The van der Waals surface area contributed by atoms with Gasteiger partial charge in [-0.15, -0.1) is 0 Å². The molecule has 0 fully saturated rings. The zero-order chi connectivity index (χ0) is 13.3. The highest BCUT2D eigenvalue weighted by atomic mass is 16.5. The van der Waals surface area contributed by atoms with Gasteiger partial charge in [-0.05, 0) is 24.0 Å². The lowest BCUT2D eigenvalue weighted by atomic mass is 10.0. The summed E-state index contributed by atoms with van der Waals surface area (Å²) in [6.45, 7) is 10.8. The van der Waals surface area contributed by atoms with Gasteiger partial charge in [0.25, 0.3) is 0 Å². The first-order valence-corrected chi connectivity index (χ1v) is 6.79. The van der Waals surface area contributed by atoms with E-state index in [9.17, 15) is 0 Å². The highest BCUT2D eigenvalue weighted by Crippen LogP contribution is 2.39. The topological polar surface area (TPSA) is 38.5 Å². The lowest BCUT2D eigenvalue weighted by Crippen LogP contribution is -2.44. The molecule has 3 heteroatoms. The standard InChI is InChI=1S/C15H24N2O/c1-10(2)8-17-9-14(11(3)4)18-13-7-5-6-12(16)15(13)17/h5-7,10-11,14H,8-9,16H2,1-4H3. The molecule has 1 aromatic rings. The van der Waals surface area contributed by atoms with E-state index in [-0.39, 0.29) is 6.10 Å². The van der Waals surface area contributed by atoms with Crippen molar-refractivity contribution >= 4 is 11.4 Å². The van der Waals surface area contributed by atoms with Crippen molar-refractivity contribution in [3.8, 4) is 5.75 Å². The van der Waals surface area contributed by atoms with Crippen molar-refractivity contribution in [1.82, 2.24) is 0 Å². The van der Waals surface area contributed by atoms with Crippen molar-refractivity contribution in [3.05, 3.63) is 18.2 Å². The number of benzene rings is 1. The smallest absolute Gasteiger partial charge is 0.145 e.